The highest BCUT2D eigenvalue weighted by molar-refractivity contribution is 5.04. The van der Waals surface area contributed by atoms with Crippen molar-refractivity contribution in [2.75, 3.05) is 33.0 Å². The molecule has 0 aromatic heterocycles. The molecule has 0 aromatic carbocycles. The minimum atomic E-state index is 0.271. The van der Waals surface area contributed by atoms with Gasteiger partial charge in [-0.25, -0.2) is 0 Å². The van der Waals surface area contributed by atoms with Crippen molar-refractivity contribution in [3.8, 4) is 0 Å². The standard InChI is InChI=1S/C11H21NO2/c1-10(2,3)11(7-14-8-11)9-6-13-5-4-12-9/h9,12H,4-8H2,1-3H3. The third-order valence-electron chi connectivity index (χ3n) is 3.80. The molecule has 0 bridgehead atoms. The van der Waals surface area contributed by atoms with Gasteiger partial charge in [0.15, 0.2) is 0 Å². The summed E-state index contributed by atoms with van der Waals surface area (Å²) >= 11 is 0. The van der Waals surface area contributed by atoms with Crippen LogP contribution < -0.4 is 5.32 Å². The molecule has 0 radical (unpaired) electrons. The molecule has 2 fully saturated rings. The number of morpholine rings is 1. The third-order valence-corrected chi connectivity index (χ3v) is 3.80. The summed E-state index contributed by atoms with van der Waals surface area (Å²) in [5, 5.41) is 3.56. The Morgan fingerprint density at radius 2 is 1.93 bits per heavy atom. The van der Waals surface area contributed by atoms with Crippen LogP contribution in [0.25, 0.3) is 0 Å². The first kappa shape index (κ1) is 10.4. The van der Waals surface area contributed by atoms with Crippen LogP contribution in [0.15, 0.2) is 0 Å². The van der Waals surface area contributed by atoms with Crippen molar-refractivity contribution in [2.24, 2.45) is 10.8 Å². The Hall–Kier alpha value is -0.120. The molecule has 0 saturated carbocycles. The highest BCUT2D eigenvalue weighted by atomic mass is 16.5. The van der Waals surface area contributed by atoms with Gasteiger partial charge in [-0.3, -0.25) is 0 Å². The van der Waals surface area contributed by atoms with Crippen LogP contribution in [0.2, 0.25) is 0 Å². The van der Waals surface area contributed by atoms with Crippen molar-refractivity contribution in [3.05, 3.63) is 0 Å². The van der Waals surface area contributed by atoms with E-state index < -0.39 is 0 Å². The van der Waals surface area contributed by atoms with Gasteiger partial charge in [-0.15, -0.1) is 0 Å². The fourth-order valence-corrected chi connectivity index (χ4v) is 2.40. The zero-order chi connectivity index (χ0) is 10.2. The Balaban J connectivity index is 2.11. The molecule has 14 heavy (non-hydrogen) atoms. The van der Waals surface area contributed by atoms with E-state index in [9.17, 15) is 0 Å². The van der Waals surface area contributed by atoms with E-state index in [2.05, 4.69) is 26.1 Å². The number of nitrogens with one attached hydrogen (secondary N) is 1. The zero-order valence-electron chi connectivity index (χ0n) is 9.43. The SMILES string of the molecule is CC(C)(C)C1(C2COCCN2)COC1. The minimum absolute atomic E-state index is 0.271. The second-order valence-corrected chi connectivity index (χ2v) is 5.48. The Labute approximate surface area is 86.2 Å². The number of hydrogen-bond acceptors (Lipinski definition) is 3. The lowest BCUT2D eigenvalue weighted by molar-refractivity contribution is -0.201. The van der Waals surface area contributed by atoms with Gasteiger partial charge in [-0.2, -0.15) is 0 Å². The number of ether oxygens (including phenoxy) is 2. The molecule has 2 saturated heterocycles. The molecule has 0 aliphatic carbocycles. The van der Waals surface area contributed by atoms with E-state index in [1.807, 2.05) is 0 Å². The van der Waals surface area contributed by atoms with Crippen LogP contribution in [-0.2, 0) is 9.47 Å². The molecule has 0 amide bonds. The molecule has 1 N–H and O–H groups in total. The predicted molar refractivity (Wildman–Crippen MR) is 55.3 cm³/mol. The first-order valence-electron chi connectivity index (χ1n) is 5.45. The molecule has 3 nitrogen and oxygen atoms in total. The molecular weight excluding hydrogens is 178 g/mol. The van der Waals surface area contributed by atoms with Gasteiger partial charge in [-0.1, -0.05) is 20.8 Å². The molecule has 2 rings (SSSR count). The molecule has 3 heteroatoms. The van der Waals surface area contributed by atoms with Crippen molar-refractivity contribution in [1.82, 2.24) is 5.32 Å². The summed E-state index contributed by atoms with van der Waals surface area (Å²) in [6.07, 6.45) is 0. The molecule has 2 aliphatic rings. The lowest BCUT2D eigenvalue weighted by Gasteiger charge is -2.56. The lowest BCUT2D eigenvalue weighted by Crippen LogP contribution is -2.66. The van der Waals surface area contributed by atoms with Crippen LogP contribution in [0.3, 0.4) is 0 Å². The zero-order valence-corrected chi connectivity index (χ0v) is 9.43. The van der Waals surface area contributed by atoms with Gasteiger partial charge >= 0.3 is 0 Å². The number of hydrogen-bond donors (Lipinski definition) is 1. The normalized spacial score (nSPS) is 32.4. The fourth-order valence-electron chi connectivity index (χ4n) is 2.40. The largest absolute Gasteiger partial charge is 0.380 e. The van der Waals surface area contributed by atoms with Crippen LogP contribution in [0, 0.1) is 10.8 Å². The fraction of sp³-hybridized carbons (Fsp3) is 1.00. The van der Waals surface area contributed by atoms with Crippen molar-refractivity contribution < 1.29 is 9.47 Å². The van der Waals surface area contributed by atoms with Crippen molar-refractivity contribution >= 4 is 0 Å². The Kier molecular flexibility index (Phi) is 2.58. The van der Waals surface area contributed by atoms with Gasteiger partial charge in [0.1, 0.15) is 0 Å². The summed E-state index contributed by atoms with van der Waals surface area (Å²) < 4.78 is 11.0. The Morgan fingerprint density at radius 1 is 1.21 bits per heavy atom. The average Bonchev–Trinajstić information content (AvgIpc) is 2.01. The monoisotopic (exact) mass is 199 g/mol. The van der Waals surface area contributed by atoms with E-state index in [1.54, 1.807) is 0 Å². The first-order chi connectivity index (χ1) is 6.56. The molecule has 0 spiro atoms. The Bertz CT molecular complexity index is 200. The molecule has 2 heterocycles. The molecule has 82 valence electrons. The summed E-state index contributed by atoms with van der Waals surface area (Å²) in [5.74, 6) is 0. The molecule has 0 aromatic rings. The van der Waals surface area contributed by atoms with Crippen LogP contribution in [-0.4, -0.2) is 39.0 Å². The maximum Gasteiger partial charge on any atom is 0.0627 e. The van der Waals surface area contributed by atoms with E-state index in [0.717, 1.165) is 33.0 Å². The van der Waals surface area contributed by atoms with E-state index in [4.69, 9.17) is 9.47 Å². The summed E-state index contributed by atoms with van der Waals surface area (Å²) in [7, 11) is 0. The van der Waals surface area contributed by atoms with Crippen LogP contribution in [0.5, 0.6) is 0 Å². The summed E-state index contributed by atoms with van der Waals surface area (Å²) in [6, 6.07) is 0.463. The minimum Gasteiger partial charge on any atom is -0.380 e. The maximum atomic E-state index is 5.54. The third kappa shape index (κ3) is 1.47. The first-order valence-corrected chi connectivity index (χ1v) is 5.45. The molecular formula is C11H21NO2. The van der Waals surface area contributed by atoms with E-state index in [1.165, 1.54) is 0 Å². The van der Waals surface area contributed by atoms with Gasteiger partial charge in [0.25, 0.3) is 0 Å². The highest BCUT2D eigenvalue weighted by Gasteiger charge is 2.53. The topological polar surface area (TPSA) is 30.5 Å². The van der Waals surface area contributed by atoms with Gasteiger partial charge in [-0.05, 0) is 5.41 Å². The molecule has 1 atom stereocenters. The van der Waals surface area contributed by atoms with Gasteiger partial charge in [0.05, 0.1) is 26.4 Å². The Morgan fingerprint density at radius 3 is 2.29 bits per heavy atom. The molecule has 1 unspecified atom stereocenters. The quantitative estimate of drug-likeness (QED) is 0.684. The summed E-state index contributed by atoms with van der Waals surface area (Å²) in [5.41, 5.74) is 0.553. The number of rotatable bonds is 1. The lowest BCUT2D eigenvalue weighted by atomic mass is 9.61. The van der Waals surface area contributed by atoms with Gasteiger partial charge < -0.3 is 14.8 Å². The second kappa shape index (κ2) is 3.47. The van der Waals surface area contributed by atoms with Crippen molar-refractivity contribution in [1.29, 1.82) is 0 Å². The summed E-state index contributed by atoms with van der Waals surface area (Å²) in [4.78, 5) is 0. The van der Waals surface area contributed by atoms with Gasteiger partial charge in [0, 0.05) is 18.0 Å². The predicted octanol–water partition coefficient (Wildman–Crippen LogP) is 1.04. The van der Waals surface area contributed by atoms with E-state index in [-0.39, 0.29) is 10.8 Å². The van der Waals surface area contributed by atoms with Crippen LogP contribution in [0.4, 0.5) is 0 Å². The highest BCUT2D eigenvalue weighted by Crippen LogP contribution is 2.47. The average molecular weight is 199 g/mol. The van der Waals surface area contributed by atoms with Crippen molar-refractivity contribution in [2.45, 2.75) is 26.8 Å². The van der Waals surface area contributed by atoms with Crippen molar-refractivity contribution in [3.63, 3.8) is 0 Å². The van der Waals surface area contributed by atoms with E-state index in [0.29, 0.717) is 6.04 Å². The van der Waals surface area contributed by atoms with E-state index >= 15 is 0 Å². The van der Waals surface area contributed by atoms with Gasteiger partial charge in [0.2, 0.25) is 0 Å². The van der Waals surface area contributed by atoms with Crippen LogP contribution in [0.1, 0.15) is 20.8 Å². The molecule has 2 aliphatic heterocycles. The second-order valence-electron chi connectivity index (χ2n) is 5.48. The van der Waals surface area contributed by atoms with Crippen LogP contribution >= 0.6 is 0 Å². The smallest absolute Gasteiger partial charge is 0.0627 e. The maximum absolute atomic E-state index is 5.54. The summed E-state index contributed by atoms with van der Waals surface area (Å²) in [6.45, 7) is 11.3.